The van der Waals surface area contributed by atoms with E-state index in [9.17, 15) is 0 Å². The molecule has 3 N–H and O–H groups in total. The molecule has 1 heterocycles. The van der Waals surface area contributed by atoms with E-state index < -0.39 is 0 Å². The average molecular weight is 267 g/mol. The van der Waals surface area contributed by atoms with Crippen LogP contribution in [0.2, 0.25) is 0 Å². The predicted molar refractivity (Wildman–Crippen MR) is 68.1 cm³/mol. The first-order valence-corrected chi connectivity index (χ1v) is 5.84. The van der Waals surface area contributed by atoms with Gasteiger partial charge in [-0.05, 0) is 47.8 Å². The zero-order valence-electron chi connectivity index (χ0n) is 9.19. The topological polar surface area (TPSA) is 41.8 Å². The quantitative estimate of drug-likeness (QED) is 0.814. The molecule has 2 nitrogen and oxygen atoms in total. The lowest BCUT2D eigenvalue weighted by Crippen LogP contribution is -2.05. The molecule has 0 bridgehead atoms. The fraction of sp³-hybridized carbons (Fsp3) is 0.333. The highest BCUT2D eigenvalue weighted by atomic mass is 79.9. The molecular formula is C12H15BrN2. The maximum Gasteiger partial charge on any atom is 0.0500 e. The lowest BCUT2D eigenvalue weighted by atomic mass is 10.1. The van der Waals surface area contributed by atoms with Gasteiger partial charge in [-0.1, -0.05) is 12.1 Å². The van der Waals surface area contributed by atoms with Crippen LogP contribution >= 0.6 is 15.9 Å². The van der Waals surface area contributed by atoms with Gasteiger partial charge in [0.1, 0.15) is 0 Å². The van der Waals surface area contributed by atoms with Gasteiger partial charge < -0.3 is 10.7 Å². The molecule has 0 aliphatic heterocycles. The number of halogens is 1. The molecule has 0 aliphatic rings. The van der Waals surface area contributed by atoms with Gasteiger partial charge >= 0.3 is 0 Å². The van der Waals surface area contributed by atoms with Crippen LogP contribution in [0, 0.1) is 13.8 Å². The summed E-state index contributed by atoms with van der Waals surface area (Å²) in [6.45, 7) is 6.21. The van der Waals surface area contributed by atoms with Crippen LogP contribution in [0.25, 0.3) is 10.9 Å². The number of fused-ring (bicyclic) bond motifs is 1. The van der Waals surface area contributed by atoms with Gasteiger partial charge in [-0.25, -0.2) is 0 Å². The van der Waals surface area contributed by atoms with Crippen LogP contribution in [0.15, 0.2) is 16.6 Å². The third-order valence-corrected chi connectivity index (χ3v) is 3.62. The molecule has 2 aromatic rings. The van der Waals surface area contributed by atoms with E-state index in [0.29, 0.717) is 0 Å². The molecule has 1 aromatic heterocycles. The Bertz CT molecular complexity index is 512. The number of hydrogen-bond donors (Lipinski definition) is 2. The van der Waals surface area contributed by atoms with Gasteiger partial charge in [0.25, 0.3) is 0 Å². The summed E-state index contributed by atoms with van der Waals surface area (Å²) >= 11 is 3.63. The van der Waals surface area contributed by atoms with E-state index in [-0.39, 0.29) is 6.04 Å². The molecule has 0 radical (unpaired) electrons. The van der Waals surface area contributed by atoms with Gasteiger partial charge in [0.2, 0.25) is 0 Å². The summed E-state index contributed by atoms with van der Waals surface area (Å²) in [7, 11) is 0. The predicted octanol–water partition coefficient (Wildman–Crippen LogP) is 3.57. The molecule has 0 spiro atoms. The van der Waals surface area contributed by atoms with Crippen LogP contribution in [0.5, 0.6) is 0 Å². The monoisotopic (exact) mass is 266 g/mol. The number of aromatic amines is 1. The van der Waals surface area contributed by atoms with E-state index in [1.165, 1.54) is 22.0 Å². The number of nitrogens with two attached hydrogens (primary N) is 1. The van der Waals surface area contributed by atoms with Crippen molar-refractivity contribution in [2.75, 3.05) is 0 Å². The highest BCUT2D eigenvalue weighted by Crippen LogP contribution is 2.34. The van der Waals surface area contributed by atoms with Crippen LogP contribution in [-0.4, -0.2) is 4.98 Å². The second-order valence-electron chi connectivity index (χ2n) is 4.09. The van der Waals surface area contributed by atoms with E-state index >= 15 is 0 Å². The largest absolute Gasteiger partial charge is 0.356 e. The van der Waals surface area contributed by atoms with Gasteiger partial charge in [0, 0.05) is 21.6 Å². The summed E-state index contributed by atoms with van der Waals surface area (Å²) in [6.07, 6.45) is 0. The molecule has 1 unspecified atom stereocenters. The van der Waals surface area contributed by atoms with Crippen molar-refractivity contribution in [2.24, 2.45) is 5.73 Å². The SMILES string of the molecule is Cc1ccc(C)c2c(Br)c(C(C)N)[nH]c12. The summed E-state index contributed by atoms with van der Waals surface area (Å²) in [5, 5.41) is 1.25. The van der Waals surface area contributed by atoms with Crippen molar-refractivity contribution in [3.63, 3.8) is 0 Å². The lowest BCUT2D eigenvalue weighted by Gasteiger charge is -2.01. The van der Waals surface area contributed by atoms with E-state index in [2.05, 4.69) is 46.9 Å². The van der Waals surface area contributed by atoms with Crippen molar-refractivity contribution in [1.82, 2.24) is 4.98 Å². The number of rotatable bonds is 1. The number of hydrogen-bond acceptors (Lipinski definition) is 1. The van der Waals surface area contributed by atoms with Crippen molar-refractivity contribution in [2.45, 2.75) is 26.8 Å². The molecule has 1 atom stereocenters. The Morgan fingerprint density at radius 2 is 1.87 bits per heavy atom. The maximum absolute atomic E-state index is 5.92. The second kappa shape index (κ2) is 3.65. The highest BCUT2D eigenvalue weighted by Gasteiger charge is 2.14. The van der Waals surface area contributed by atoms with Crippen molar-refractivity contribution in [1.29, 1.82) is 0 Å². The van der Waals surface area contributed by atoms with Crippen molar-refractivity contribution in [3.05, 3.63) is 33.4 Å². The molecule has 0 amide bonds. The van der Waals surface area contributed by atoms with Crippen LogP contribution in [0.1, 0.15) is 29.8 Å². The van der Waals surface area contributed by atoms with Gasteiger partial charge in [-0.15, -0.1) is 0 Å². The summed E-state index contributed by atoms with van der Waals surface area (Å²) in [5.41, 5.74) is 10.7. The molecule has 0 saturated heterocycles. The number of aryl methyl sites for hydroxylation is 2. The normalized spacial score (nSPS) is 13.4. The Labute approximate surface area is 98.0 Å². The first-order valence-electron chi connectivity index (χ1n) is 5.05. The van der Waals surface area contributed by atoms with Gasteiger partial charge in [-0.2, -0.15) is 0 Å². The molecule has 80 valence electrons. The number of benzene rings is 1. The minimum Gasteiger partial charge on any atom is -0.356 e. The first kappa shape index (κ1) is 10.7. The summed E-state index contributed by atoms with van der Waals surface area (Å²) in [5.74, 6) is 0. The Morgan fingerprint density at radius 1 is 1.27 bits per heavy atom. The summed E-state index contributed by atoms with van der Waals surface area (Å²) in [4.78, 5) is 3.40. The zero-order chi connectivity index (χ0) is 11.2. The second-order valence-corrected chi connectivity index (χ2v) is 4.88. The fourth-order valence-corrected chi connectivity index (χ4v) is 2.86. The van der Waals surface area contributed by atoms with Gasteiger partial charge in [-0.3, -0.25) is 0 Å². The van der Waals surface area contributed by atoms with Crippen molar-refractivity contribution < 1.29 is 0 Å². The van der Waals surface area contributed by atoms with Crippen LogP contribution in [-0.2, 0) is 0 Å². The van der Waals surface area contributed by atoms with Crippen molar-refractivity contribution >= 4 is 26.8 Å². The molecule has 2 rings (SSSR count). The van der Waals surface area contributed by atoms with Crippen LogP contribution < -0.4 is 5.73 Å². The van der Waals surface area contributed by atoms with E-state index in [0.717, 1.165) is 10.2 Å². The average Bonchev–Trinajstić information content (AvgIpc) is 2.51. The Morgan fingerprint density at radius 3 is 2.40 bits per heavy atom. The smallest absolute Gasteiger partial charge is 0.0500 e. The first-order chi connectivity index (χ1) is 7.02. The minimum absolute atomic E-state index is 0.0191. The molecule has 0 saturated carbocycles. The molecule has 15 heavy (non-hydrogen) atoms. The fourth-order valence-electron chi connectivity index (χ4n) is 1.89. The zero-order valence-corrected chi connectivity index (χ0v) is 10.8. The highest BCUT2D eigenvalue weighted by molar-refractivity contribution is 9.10. The lowest BCUT2D eigenvalue weighted by molar-refractivity contribution is 0.787. The summed E-state index contributed by atoms with van der Waals surface area (Å²) in [6, 6.07) is 4.29. The maximum atomic E-state index is 5.92. The Hall–Kier alpha value is -0.800. The Balaban J connectivity index is 2.87. The molecule has 0 fully saturated rings. The molecule has 3 heteroatoms. The van der Waals surface area contributed by atoms with E-state index in [1.54, 1.807) is 0 Å². The number of aromatic nitrogens is 1. The van der Waals surface area contributed by atoms with Gasteiger partial charge in [0.15, 0.2) is 0 Å². The molecule has 1 aromatic carbocycles. The molecular weight excluding hydrogens is 252 g/mol. The Kier molecular flexibility index (Phi) is 2.61. The summed E-state index contributed by atoms with van der Waals surface area (Å²) < 4.78 is 1.11. The third kappa shape index (κ3) is 1.60. The minimum atomic E-state index is 0.0191. The standard InChI is InChI=1S/C12H15BrN2/c1-6-4-5-7(2)11-9(6)10(13)12(15-11)8(3)14/h4-5,8,15H,14H2,1-3H3. The van der Waals surface area contributed by atoms with Crippen LogP contribution in [0.4, 0.5) is 0 Å². The van der Waals surface area contributed by atoms with Gasteiger partial charge in [0.05, 0.1) is 5.52 Å². The van der Waals surface area contributed by atoms with E-state index in [4.69, 9.17) is 5.73 Å². The number of H-pyrrole nitrogens is 1. The van der Waals surface area contributed by atoms with Crippen LogP contribution in [0.3, 0.4) is 0 Å². The third-order valence-electron chi connectivity index (χ3n) is 2.79. The number of nitrogens with one attached hydrogen (secondary N) is 1. The van der Waals surface area contributed by atoms with Crippen molar-refractivity contribution in [3.8, 4) is 0 Å². The van der Waals surface area contributed by atoms with E-state index in [1.807, 2.05) is 6.92 Å². The molecule has 0 aliphatic carbocycles.